The van der Waals surface area contributed by atoms with Gasteiger partial charge < -0.3 is 4.74 Å². The summed E-state index contributed by atoms with van der Waals surface area (Å²) >= 11 is 1.68. The van der Waals surface area contributed by atoms with E-state index in [-0.39, 0.29) is 12.4 Å². The van der Waals surface area contributed by atoms with Crippen LogP contribution in [-0.4, -0.2) is 46.2 Å². The molecule has 1 aliphatic heterocycles. The number of fused-ring (bicyclic) bond motifs is 3. The standard InChI is InChI=1S/C22H21N5O2S.O3S/c1-5-17-12(2)19-20(15-9-7-6-8-14(15)11-23)24-16(10-18(28)29-4)21-26-25-13(3)27(21)22(19)30-17;1-4(2)3/h6-9,16H,5,10H2,1-4H3;/t16-;/m0./s1. The molecule has 4 rings (SSSR count). The molecule has 1 atom stereocenters. The van der Waals surface area contributed by atoms with Crippen molar-refractivity contribution in [1.29, 1.82) is 5.26 Å². The Labute approximate surface area is 201 Å². The van der Waals surface area contributed by atoms with E-state index in [0.717, 1.165) is 33.9 Å². The van der Waals surface area contributed by atoms with E-state index in [1.54, 1.807) is 17.4 Å². The summed E-state index contributed by atoms with van der Waals surface area (Å²) in [6, 6.07) is 9.12. The Morgan fingerprint density at radius 3 is 2.53 bits per heavy atom. The van der Waals surface area contributed by atoms with Gasteiger partial charge in [0.2, 0.25) is 0 Å². The van der Waals surface area contributed by atoms with E-state index in [9.17, 15) is 10.1 Å². The smallest absolute Gasteiger partial charge is 0.425 e. The largest absolute Gasteiger partial charge is 0.469 e. The second-order valence-electron chi connectivity index (χ2n) is 7.26. The van der Waals surface area contributed by atoms with E-state index in [1.807, 2.05) is 29.7 Å². The van der Waals surface area contributed by atoms with E-state index in [0.29, 0.717) is 17.1 Å². The lowest BCUT2D eigenvalue weighted by Crippen LogP contribution is -2.12. The van der Waals surface area contributed by atoms with Gasteiger partial charge in [-0.05, 0) is 31.9 Å². The van der Waals surface area contributed by atoms with Crippen molar-refractivity contribution in [2.45, 2.75) is 39.7 Å². The summed E-state index contributed by atoms with van der Waals surface area (Å²) in [5.41, 5.74) is 4.08. The van der Waals surface area contributed by atoms with Crippen molar-refractivity contribution in [2.75, 3.05) is 7.11 Å². The van der Waals surface area contributed by atoms with E-state index in [4.69, 9.17) is 22.4 Å². The predicted octanol–water partition coefficient (Wildman–Crippen LogP) is 2.83. The summed E-state index contributed by atoms with van der Waals surface area (Å²) in [6.45, 7) is 6.10. The van der Waals surface area contributed by atoms with Crippen LogP contribution in [-0.2, 0) is 26.6 Å². The maximum absolute atomic E-state index is 12.2. The van der Waals surface area contributed by atoms with Crippen molar-refractivity contribution in [3.8, 4) is 11.1 Å². The Bertz CT molecular complexity index is 1420. The molecule has 0 amide bonds. The van der Waals surface area contributed by atoms with Gasteiger partial charge in [0.05, 0.1) is 30.9 Å². The van der Waals surface area contributed by atoms with E-state index in [2.05, 4.69) is 30.1 Å². The third-order valence-electron chi connectivity index (χ3n) is 5.31. The van der Waals surface area contributed by atoms with Crippen molar-refractivity contribution < 1.29 is 22.2 Å². The molecular weight excluding hydrogens is 478 g/mol. The highest BCUT2D eigenvalue weighted by molar-refractivity contribution is 7.59. The van der Waals surface area contributed by atoms with Crippen LogP contribution in [0.3, 0.4) is 0 Å². The molecule has 0 spiro atoms. The van der Waals surface area contributed by atoms with Crippen molar-refractivity contribution in [3.05, 3.63) is 63.0 Å². The van der Waals surface area contributed by atoms with Crippen molar-refractivity contribution in [1.82, 2.24) is 14.8 Å². The number of carbonyl (C=O) groups is 1. The molecule has 0 aliphatic carbocycles. The summed E-state index contributed by atoms with van der Waals surface area (Å²) in [4.78, 5) is 18.4. The Balaban J connectivity index is 0.000000751. The molecule has 0 saturated carbocycles. The number of aryl methyl sites for hydroxylation is 2. The number of ether oxygens (including phenoxy) is 1. The van der Waals surface area contributed by atoms with Gasteiger partial charge in [0.1, 0.15) is 16.9 Å². The highest BCUT2D eigenvalue weighted by atomic mass is 32.2. The lowest BCUT2D eigenvalue weighted by atomic mass is 9.95. The zero-order valence-electron chi connectivity index (χ0n) is 18.9. The van der Waals surface area contributed by atoms with Crippen LogP contribution in [0.4, 0.5) is 0 Å². The van der Waals surface area contributed by atoms with Gasteiger partial charge in [-0.25, -0.2) is 0 Å². The summed E-state index contributed by atoms with van der Waals surface area (Å²) in [7, 11) is -1.75. The zero-order chi connectivity index (χ0) is 25.0. The van der Waals surface area contributed by atoms with E-state index < -0.39 is 16.7 Å². The SMILES string of the molecule is CCc1sc2c(c1C)C(c1ccccc1C#N)=N[C@@H](CC(=O)OC)c1nnc(C)n1-2.O=S(=O)=O. The van der Waals surface area contributed by atoms with Crippen LogP contribution >= 0.6 is 11.3 Å². The number of benzene rings is 1. The van der Waals surface area contributed by atoms with E-state index in [1.165, 1.54) is 12.0 Å². The fraction of sp³-hybridized carbons (Fsp3) is 0.318. The molecule has 176 valence electrons. The van der Waals surface area contributed by atoms with Crippen LogP contribution in [0.1, 0.15) is 58.2 Å². The van der Waals surface area contributed by atoms with Gasteiger partial charge in [-0.3, -0.25) is 14.4 Å². The number of thiophene rings is 1. The van der Waals surface area contributed by atoms with Gasteiger partial charge in [0.15, 0.2) is 5.82 Å². The first-order valence-corrected chi connectivity index (χ1v) is 12.0. The van der Waals surface area contributed by atoms with Gasteiger partial charge >= 0.3 is 16.6 Å². The molecule has 1 aromatic carbocycles. The fourth-order valence-corrected chi connectivity index (χ4v) is 5.11. The first kappa shape index (κ1) is 24.9. The molecule has 2 aromatic heterocycles. The van der Waals surface area contributed by atoms with Crippen molar-refractivity contribution >= 4 is 33.6 Å². The second kappa shape index (κ2) is 10.5. The van der Waals surface area contributed by atoms with Crippen LogP contribution in [0, 0.1) is 25.2 Å². The Kier molecular flexibility index (Phi) is 7.70. The number of aromatic nitrogens is 3. The zero-order valence-corrected chi connectivity index (χ0v) is 20.5. The third-order valence-corrected chi connectivity index (χ3v) is 6.73. The lowest BCUT2D eigenvalue weighted by molar-refractivity contribution is -0.141. The molecule has 10 nitrogen and oxygen atoms in total. The van der Waals surface area contributed by atoms with Crippen molar-refractivity contribution in [2.24, 2.45) is 4.99 Å². The number of rotatable bonds is 4. The van der Waals surface area contributed by atoms with Gasteiger partial charge in [-0.15, -0.1) is 34.2 Å². The van der Waals surface area contributed by atoms with Gasteiger partial charge in [-0.2, -0.15) is 5.26 Å². The molecule has 0 fully saturated rings. The van der Waals surface area contributed by atoms with Crippen molar-refractivity contribution in [3.63, 3.8) is 0 Å². The minimum absolute atomic E-state index is 0.0431. The summed E-state index contributed by atoms with van der Waals surface area (Å²) < 4.78 is 32.2. The Morgan fingerprint density at radius 2 is 1.91 bits per heavy atom. The molecule has 12 heteroatoms. The van der Waals surface area contributed by atoms with Crippen LogP contribution in [0.2, 0.25) is 0 Å². The van der Waals surface area contributed by atoms with Crippen LogP contribution in [0.25, 0.3) is 5.00 Å². The molecular formula is C22H21N5O5S2. The third kappa shape index (κ3) is 4.80. The monoisotopic (exact) mass is 499 g/mol. The Morgan fingerprint density at radius 1 is 1.24 bits per heavy atom. The molecule has 3 heterocycles. The minimum atomic E-state index is -3.11. The number of nitrogens with zero attached hydrogens (tertiary/aromatic N) is 5. The molecule has 0 N–H and O–H groups in total. The summed E-state index contributed by atoms with van der Waals surface area (Å²) in [5.74, 6) is 0.961. The highest BCUT2D eigenvalue weighted by Gasteiger charge is 2.33. The maximum atomic E-state index is 12.2. The number of esters is 1. The average molecular weight is 500 g/mol. The number of hydrogen-bond acceptors (Lipinski definition) is 10. The topological polar surface area (TPSA) is 144 Å². The number of carbonyl (C=O) groups excluding carboxylic acids is 1. The number of aliphatic imine (C=N–C) groups is 1. The normalized spacial score (nSPS) is 13.9. The van der Waals surface area contributed by atoms with Crippen LogP contribution in [0.5, 0.6) is 0 Å². The molecule has 3 aromatic rings. The van der Waals surface area contributed by atoms with Crippen LogP contribution in [0.15, 0.2) is 29.3 Å². The minimum Gasteiger partial charge on any atom is -0.469 e. The lowest BCUT2D eigenvalue weighted by Gasteiger charge is -2.12. The predicted molar refractivity (Wildman–Crippen MR) is 124 cm³/mol. The molecule has 34 heavy (non-hydrogen) atoms. The quantitative estimate of drug-likeness (QED) is 0.498. The average Bonchev–Trinajstić information content (AvgIpc) is 3.31. The van der Waals surface area contributed by atoms with Gasteiger partial charge in [0, 0.05) is 16.0 Å². The van der Waals surface area contributed by atoms with Crippen LogP contribution < -0.4 is 0 Å². The number of nitriles is 1. The maximum Gasteiger partial charge on any atom is 0.425 e. The first-order chi connectivity index (χ1) is 16.2. The molecule has 0 saturated heterocycles. The first-order valence-electron chi connectivity index (χ1n) is 10.2. The second-order valence-corrected chi connectivity index (χ2v) is 8.75. The molecule has 0 radical (unpaired) electrons. The number of methoxy groups -OCH3 is 1. The van der Waals surface area contributed by atoms with E-state index >= 15 is 0 Å². The fourth-order valence-electron chi connectivity index (χ4n) is 3.81. The molecule has 0 unspecified atom stereocenters. The molecule has 0 bridgehead atoms. The van der Waals surface area contributed by atoms with Gasteiger partial charge in [-0.1, -0.05) is 25.1 Å². The Hall–Kier alpha value is -3.69. The molecule has 1 aliphatic rings. The number of hydrogen-bond donors (Lipinski definition) is 0. The van der Waals surface area contributed by atoms with Gasteiger partial charge in [0.25, 0.3) is 0 Å². The highest BCUT2D eigenvalue weighted by Crippen LogP contribution is 2.40. The summed E-state index contributed by atoms with van der Waals surface area (Å²) in [5, 5.41) is 19.3. The summed E-state index contributed by atoms with van der Waals surface area (Å²) in [6.07, 6.45) is 0.931.